The van der Waals surface area contributed by atoms with Crippen molar-refractivity contribution in [3.05, 3.63) is 75.6 Å². The molecular formula is C35H47NO3. The quantitative estimate of drug-likeness (QED) is 0.242. The summed E-state index contributed by atoms with van der Waals surface area (Å²) in [4.78, 5) is 19.0. The second kappa shape index (κ2) is 12.7. The molecule has 2 aliphatic carbocycles. The molecule has 0 unspecified atom stereocenters. The molecule has 0 saturated heterocycles. The number of allylic oxidation sites excluding steroid dienone is 3. The zero-order valence-electron chi connectivity index (χ0n) is 25.0. The van der Waals surface area contributed by atoms with Gasteiger partial charge in [-0.05, 0) is 139 Å². The molecule has 0 spiro atoms. The molecule has 4 nitrogen and oxygen atoms in total. The van der Waals surface area contributed by atoms with Crippen molar-refractivity contribution in [2.24, 2.45) is 0 Å². The molecule has 0 radical (unpaired) electrons. The van der Waals surface area contributed by atoms with E-state index in [2.05, 4.69) is 78.0 Å². The standard InChI is InChI=1S/C35H47NO3/c1-34(2,3)38-22-11-10-16-26-20-21-30-28(19-13-23-39-35(4,5)6)29-18-12-17-27(24-25-14-8-7-9-15-25)31(29)36-32(30)33(26)37/h7-9,14-16,24H,10-13,17-23H2,1-6H3/b26-16-,27-24-. The molecule has 0 aliphatic heterocycles. The van der Waals surface area contributed by atoms with Gasteiger partial charge in [-0.1, -0.05) is 36.4 Å². The van der Waals surface area contributed by atoms with Gasteiger partial charge < -0.3 is 9.47 Å². The first-order valence-electron chi connectivity index (χ1n) is 14.8. The van der Waals surface area contributed by atoms with E-state index in [1.54, 1.807) is 0 Å². The number of nitrogens with zero attached hydrogens (tertiary/aromatic N) is 1. The summed E-state index contributed by atoms with van der Waals surface area (Å²) in [6, 6.07) is 10.5. The predicted octanol–water partition coefficient (Wildman–Crippen LogP) is 8.36. The fourth-order valence-corrected chi connectivity index (χ4v) is 5.56. The number of hydrogen-bond donors (Lipinski definition) is 0. The van der Waals surface area contributed by atoms with Gasteiger partial charge in [-0.2, -0.15) is 0 Å². The maximum atomic E-state index is 13.8. The fraction of sp³-hybridized carbons (Fsp3) is 0.543. The summed E-state index contributed by atoms with van der Waals surface area (Å²) in [7, 11) is 0. The average molecular weight is 530 g/mol. The highest BCUT2D eigenvalue weighted by molar-refractivity contribution is 6.10. The van der Waals surface area contributed by atoms with Crippen LogP contribution < -0.4 is 0 Å². The van der Waals surface area contributed by atoms with Crippen LogP contribution in [0, 0.1) is 0 Å². The van der Waals surface area contributed by atoms with Crippen LogP contribution in [0.4, 0.5) is 0 Å². The Morgan fingerprint density at radius 1 is 0.795 bits per heavy atom. The number of benzene rings is 1. The minimum atomic E-state index is -0.143. The monoisotopic (exact) mass is 529 g/mol. The highest BCUT2D eigenvalue weighted by Crippen LogP contribution is 2.38. The molecule has 0 fully saturated rings. The Morgan fingerprint density at radius 3 is 2.15 bits per heavy atom. The number of aromatic nitrogens is 1. The Balaban J connectivity index is 1.64. The van der Waals surface area contributed by atoms with E-state index in [0.29, 0.717) is 12.3 Å². The predicted molar refractivity (Wildman–Crippen MR) is 161 cm³/mol. The van der Waals surface area contributed by atoms with Crippen molar-refractivity contribution in [3.63, 3.8) is 0 Å². The van der Waals surface area contributed by atoms with Gasteiger partial charge in [-0.3, -0.25) is 4.79 Å². The summed E-state index contributed by atoms with van der Waals surface area (Å²) >= 11 is 0. The lowest BCUT2D eigenvalue weighted by molar-refractivity contribution is -0.00415. The topological polar surface area (TPSA) is 48.4 Å². The molecule has 0 saturated carbocycles. The van der Waals surface area contributed by atoms with Crippen LogP contribution in [0.15, 0.2) is 42.0 Å². The van der Waals surface area contributed by atoms with Crippen LogP contribution >= 0.6 is 0 Å². The van der Waals surface area contributed by atoms with Gasteiger partial charge in [0, 0.05) is 13.2 Å². The first kappa shape index (κ1) is 29.4. The van der Waals surface area contributed by atoms with E-state index in [4.69, 9.17) is 14.5 Å². The summed E-state index contributed by atoms with van der Waals surface area (Å²) in [5, 5.41) is 0. The molecule has 0 amide bonds. The molecule has 2 aromatic rings. The number of fused-ring (bicyclic) bond motifs is 2. The molecule has 0 bridgehead atoms. The second-order valence-corrected chi connectivity index (χ2v) is 12.9. The number of carbonyl (C=O) groups excluding carboxylic acids is 1. The summed E-state index contributed by atoms with van der Waals surface area (Å²) in [6.07, 6.45) is 12.9. The minimum absolute atomic E-state index is 0.118. The van der Waals surface area contributed by atoms with Gasteiger partial charge in [0.05, 0.1) is 16.9 Å². The second-order valence-electron chi connectivity index (χ2n) is 12.9. The number of Topliss-reactive ketones (excluding diaryl/α,β-unsaturated/α-hetero) is 1. The van der Waals surface area contributed by atoms with Crippen LogP contribution in [-0.4, -0.2) is 35.2 Å². The first-order valence-corrected chi connectivity index (χ1v) is 14.8. The van der Waals surface area contributed by atoms with Crippen LogP contribution in [0.25, 0.3) is 11.6 Å². The minimum Gasteiger partial charge on any atom is -0.376 e. The highest BCUT2D eigenvalue weighted by atomic mass is 16.5. The van der Waals surface area contributed by atoms with Gasteiger partial charge in [0.15, 0.2) is 0 Å². The van der Waals surface area contributed by atoms with E-state index in [0.717, 1.165) is 75.7 Å². The Hall–Kier alpha value is -2.56. The normalized spacial score (nSPS) is 17.9. The Kier molecular flexibility index (Phi) is 9.61. The molecule has 1 heterocycles. The highest BCUT2D eigenvalue weighted by Gasteiger charge is 2.31. The molecule has 1 aromatic carbocycles. The third kappa shape index (κ3) is 8.22. The van der Waals surface area contributed by atoms with E-state index < -0.39 is 0 Å². The Labute approximate surface area is 235 Å². The van der Waals surface area contributed by atoms with E-state index in [1.165, 1.54) is 27.8 Å². The van der Waals surface area contributed by atoms with Crippen molar-refractivity contribution >= 4 is 17.4 Å². The SMILES string of the molecule is CC(C)(C)OCCC/C=C1/CCc2c(nc3c(c2CCCOC(C)(C)C)CCC/C3=C/c2ccccc2)C1=O. The molecule has 39 heavy (non-hydrogen) atoms. The molecule has 4 rings (SSSR count). The number of pyridine rings is 1. The van der Waals surface area contributed by atoms with Crippen LogP contribution in [0.5, 0.6) is 0 Å². The van der Waals surface area contributed by atoms with Crippen LogP contribution in [-0.2, 0) is 28.7 Å². The summed E-state index contributed by atoms with van der Waals surface area (Å²) < 4.78 is 11.9. The van der Waals surface area contributed by atoms with Gasteiger partial charge in [0.1, 0.15) is 5.69 Å². The van der Waals surface area contributed by atoms with Crippen molar-refractivity contribution in [2.45, 2.75) is 111 Å². The van der Waals surface area contributed by atoms with Crippen LogP contribution in [0.3, 0.4) is 0 Å². The largest absolute Gasteiger partial charge is 0.376 e. The number of carbonyl (C=O) groups is 1. The Bertz CT molecular complexity index is 1210. The summed E-state index contributed by atoms with van der Waals surface area (Å²) in [5.74, 6) is 0.118. The van der Waals surface area contributed by atoms with Crippen molar-refractivity contribution < 1.29 is 14.3 Å². The average Bonchev–Trinajstić information content (AvgIpc) is 2.87. The van der Waals surface area contributed by atoms with Crippen molar-refractivity contribution in [2.75, 3.05) is 13.2 Å². The summed E-state index contributed by atoms with van der Waals surface area (Å²) in [6.45, 7) is 14.0. The third-order valence-corrected chi connectivity index (χ3v) is 7.37. The molecular weight excluding hydrogens is 482 g/mol. The van der Waals surface area contributed by atoms with Gasteiger partial charge in [0.2, 0.25) is 5.78 Å². The number of ether oxygens (including phenoxy) is 2. The lowest BCUT2D eigenvalue weighted by atomic mass is 9.79. The maximum absolute atomic E-state index is 13.8. The van der Waals surface area contributed by atoms with E-state index in [1.807, 2.05) is 6.07 Å². The number of rotatable bonds is 9. The van der Waals surface area contributed by atoms with Crippen molar-refractivity contribution in [1.29, 1.82) is 0 Å². The van der Waals surface area contributed by atoms with Gasteiger partial charge >= 0.3 is 0 Å². The number of unbranched alkanes of at least 4 members (excludes halogenated alkanes) is 1. The zero-order valence-corrected chi connectivity index (χ0v) is 25.0. The lowest BCUT2D eigenvalue weighted by Crippen LogP contribution is -2.23. The summed E-state index contributed by atoms with van der Waals surface area (Å²) in [5.41, 5.74) is 8.71. The zero-order chi connectivity index (χ0) is 28.0. The van der Waals surface area contributed by atoms with E-state index in [9.17, 15) is 4.79 Å². The van der Waals surface area contributed by atoms with Gasteiger partial charge in [-0.25, -0.2) is 4.98 Å². The van der Waals surface area contributed by atoms with Crippen molar-refractivity contribution in [3.8, 4) is 0 Å². The lowest BCUT2D eigenvalue weighted by Gasteiger charge is -2.28. The van der Waals surface area contributed by atoms with Crippen molar-refractivity contribution in [1.82, 2.24) is 4.98 Å². The van der Waals surface area contributed by atoms with Gasteiger partial charge in [0.25, 0.3) is 0 Å². The Morgan fingerprint density at radius 2 is 1.46 bits per heavy atom. The number of ketones is 1. The maximum Gasteiger partial charge on any atom is 0.207 e. The molecule has 2 aliphatic rings. The molecule has 0 atom stereocenters. The third-order valence-electron chi connectivity index (χ3n) is 7.37. The first-order chi connectivity index (χ1) is 18.5. The van der Waals surface area contributed by atoms with E-state index >= 15 is 0 Å². The van der Waals surface area contributed by atoms with Crippen LogP contribution in [0.2, 0.25) is 0 Å². The van der Waals surface area contributed by atoms with E-state index in [-0.39, 0.29) is 17.0 Å². The molecule has 210 valence electrons. The molecule has 4 heteroatoms. The smallest absolute Gasteiger partial charge is 0.207 e. The molecule has 0 N–H and O–H groups in total. The van der Waals surface area contributed by atoms with Crippen LogP contribution in [0.1, 0.15) is 119 Å². The fourth-order valence-electron chi connectivity index (χ4n) is 5.56. The van der Waals surface area contributed by atoms with Gasteiger partial charge in [-0.15, -0.1) is 0 Å². The number of hydrogen-bond acceptors (Lipinski definition) is 4. The molecule has 1 aromatic heterocycles.